The summed E-state index contributed by atoms with van der Waals surface area (Å²) < 4.78 is 18.2. The van der Waals surface area contributed by atoms with Gasteiger partial charge in [0.05, 0.1) is 13.4 Å². The Morgan fingerprint density at radius 3 is 2.00 bits per heavy atom. The maximum Gasteiger partial charge on any atom is 0.544 e. The largest absolute Gasteiger partial charge is 0.544 e. The summed E-state index contributed by atoms with van der Waals surface area (Å²) in [6.07, 6.45) is -0.225. The Hall–Kier alpha value is -1.59. The number of carbonyl (C=O) groups excluding carboxylic acids is 2. The molecule has 0 aromatic carbocycles. The maximum absolute atomic E-state index is 10.4. The van der Waals surface area contributed by atoms with Crippen molar-refractivity contribution in [2.45, 2.75) is 6.92 Å². The molecule has 0 heterocycles. The first-order valence-corrected chi connectivity index (χ1v) is 2.73. The molecule has 0 unspecified atom stereocenters. The third-order valence-corrected chi connectivity index (χ3v) is 0.479. The zero-order chi connectivity index (χ0) is 9.98. The van der Waals surface area contributed by atoms with E-state index in [2.05, 4.69) is 21.0 Å². The van der Waals surface area contributed by atoms with E-state index >= 15 is 0 Å². The van der Waals surface area contributed by atoms with Crippen LogP contribution in [-0.4, -0.2) is 19.2 Å². The predicted molar refractivity (Wildman–Crippen MR) is 36.6 cm³/mol. The molecule has 0 bridgehead atoms. The van der Waals surface area contributed by atoms with Crippen molar-refractivity contribution in [1.29, 1.82) is 0 Å². The Labute approximate surface area is 68.6 Å². The highest BCUT2D eigenvalue weighted by molar-refractivity contribution is 5.66. The minimum absolute atomic E-state index is 0.329. The molecule has 6 heteroatoms. The Kier molecular flexibility index (Phi) is 10.2. The first-order valence-electron chi connectivity index (χ1n) is 2.73. The average Bonchev–Trinajstić information content (AvgIpc) is 2.04. The summed E-state index contributed by atoms with van der Waals surface area (Å²) in [7, 11) is 1.02. The molecule has 0 N–H and O–H groups in total. The predicted octanol–water partition coefficient (Wildman–Crippen LogP) is 1.35. The normalized spacial score (nSPS) is 6.92. The van der Waals surface area contributed by atoms with Crippen molar-refractivity contribution in [2.24, 2.45) is 0 Å². The van der Waals surface area contributed by atoms with Crippen LogP contribution in [-0.2, 0) is 19.2 Å². The molecule has 0 saturated carbocycles. The van der Waals surface area contributed by atoms with Gasteiger partial charge in [0.15, 0.2) is 0 Å². The van der Waals surface area contributed by atoms with Gasteiger partial charge in [0.1, 0.15) is 0 Å². The number of hydrogen-bond acceptors (Lipinski definition) is 5. The van der Waals surface area contributed by atoms with Crippen LogP contribution in [0.25, 0.3) is 0 Å². The third kappa shape index (κ3) is 15.8. The highest BCUT2D eigenvalue weighted by atomic mass is 19.3. The number of ether oxygens (including phenoxy) is 2. The van der Waals surface area contributed by atoms with Crippen LogP contribution in [0.5, 0.6) is 0 Å². The van der Waals surface area contributed by atoms with E-state index in [4.69, 9.17) is 0 Å². The van der Waals surface area contributed by atoms with Crippen molar-refractivity contribution in [3.05, 3.63) is 12.8 Å². The Morgan fingerprint density at radius 2 is 2.00 bits per heavy atom. The van der Waals surface area contributed by atoms with E-state index < -0.39 is 6.16 Å². The van der Waals surface area contributed by atoms with Gasteiger partial charge in [-0.2, -0.15) is 0 Å². The highest BCUT2D eigenvalue weighted by Crippen LogP contribution is 1.77. The fraction of sp³-hybridized carbons (Fsp3) is 0.333. The van der Waals surface area contributed by atoms with Crippen LogP contribution in [0, 0.1) is 0 Å². The SMILES string of the molecule is C=COC(C)=O.COC(=O)OF. The molecule has 0 atom stereocenters. The lowest BCUT2D eigenvalue weighted by Crippen LogP contribution is -1.94. The van der Waals surface area contributed by atoms with Gasteiger partial charge in [-0.3, -0.25) is 4.79 Å². The number of hydrogen-bond donors (Lipinski definition) is 0. The molecule has 70 valence electrons. The number of esters is 1. The van der Waals surface area contributed by atoms with E-state index in [9.17, 15) is 14.1 Å². The number of carbonyl (C=O) groups is 2. The zero-order valence-electron chi connectivity index (χ0n) is 6.70. The van der Waals surface area contributed by atoms with E-state index in [1.165, 1.54) is 6.92 Å². The molecule has 0 aliphatic heterocycles. The van der Waals surface area contributed by atoms with Crippen molar-refractivity contribution in [3.8, 4) is 0 Å². The van der Waals surface area contributed by atoms with Crippen LogP contribution in [0.15, 0.2) is 12.8 Å². The number of halogens is 1. The first kappa shape index (κ1) is 13.0. The molecule has 0 rings (SSSR count). The van der Waals surface area contributed by atoms with Gasteiger partial charge in [0.2, 0.25) is 0 Å². The van der Waals surface area contributed by atoms with Gasteiger partial charge in [0.25, 0.3) is 0 Å². The van der Waals surface area contributed by atoms with Crippen LogP contribution < -0.4 is 0 Å². The second-order valence-electron chi connectivity index (χ2n) is 1.31. The van der Waals surface area contributed by atoms with Gasteiger partial charge in [-0.1, -0.05) is 6.58 Å². The van der Waals surface area contributed by atoms with Crippen molar-refractivity contribution < 1.29 is 28.5 Å². The van der Waals surface area contributed by atoms with E-state index in [0.29, 0.717) is 0 Å². The van der Waals surface area contributed by atoms with Crippen LogP contribution in [0.4, 0.5) is 9.32 Å². The lowest BCUT2D eigenvalue weighted by atomic mass is 10.8. The Morgan fingerprint density at radius 1 is 1.50 bits per heavy atom. The van der Waals surface area contributed by atoms with Crippen molar-refractivity contribution in [3.63, 3.8) is 0 Å². The van der Waals surface area contributed by atoms with Crippen LogP contribution in [0.3, 0.4) is 0 Å². The molecule has 5 nitrogen and oxygen atoms in total. The Bertz CT molecular complexity index is 150. The molecule has 0 aromatic rings. The molecule has 0 saturated heterocycles. The quantitative estimate of drug-likeness (QED) is 0.450. The lowest BCUT2D eigenvalue weighted by molar-refractivity contribution is -0.135. The summed E-state index contributed by atoms with van der Waals surface area (Å²) in [5, 5.41) is 0. The molecular formula is C6H9FO5. The molecule has 0 radical (unpaired) electrons. The minimum Gasteiger partial charge on any atom is -0.435 e. The lowest BCUT2D eigenvalue weighted by Gasteiger charge is -1.83. The second kappa shape index (κ2) is 9.41. The van der Waals surface area contributed by atoms with Crippen LogP contribution in [0.1, 0.15) is 6.92 Å². The minimum atomic E-state index is -1.32. The van der Waals surface area contributed by atoms with Crippen LogP contribution in [0.2, 0.25) is 0 Å². The summed E-state index contributed by atoms with van der Waals surface area (Å²) in [6, 6.07) is 0. The number of rotatable bonds is 1. The fourth-order valence-electron chi connectivity index (χ4n) is 0.149. The summed E-state index contributed by atoms with van der Waals surface area (Å²) in [6.45, 7) is 4.48. The monoisotopic (exact) mass is 180 g/mol. The highest BCUT2D eigenvalue weighted by Gasteiger charge is 1.94. The molecule has 0 fully saturated rings. The van der Waals surface area contributed by atoms with Gasteiger partial charge in [0, 0.05) is 11.4 Å². The van der Waals surface area contributed by atoms with Crippen molar-refractivity contribution >= 4 is 12.1 Å². The van der Waals surface area contributed by atoms with Gasteiger partial charge in [-0.25, -0.2) is 9.74 Å². The topological polar surface area (TPSA) is 61.8 Å². The van der Waals surface area contributed by atoms with E-state index in [1.54, 1.807) is 0 Å². The van der Waals surface area contributed by atoms with E-state index in [-0.39, 0.29) is 5.97 Å². The van der Waals surface area contributed by atoms with Gasteiger partial charge in [-0.15, -0.1) is 0 Å². The molecule has 0 spiro atoms. The summed E-state index contributed by atoms with van der Waals surface area (Å²) in [4.78, 5) is 21.6. The maximum atomic E-state index is 10.4. The fourth-order valence-corrected chi connectivity index (χ4v) is 0.149. The smallest absolute Gasteiger partial charge is 0.435 e. The summed E-state index contributed by atoms with van der Waals surface area (Å²) in [5.41, 5.74) is 0. The molecule has 12 heavy (non-hydrogen) atoms. The zero-order valence-corrected chi connectivity index (χ0v) is 6.70. The van der Waals surface area contributed by atoms with E-state index in [0.717, 1.165) is 13.4 Å². The standard InChI is InChI=1S/C4H6O2.C2H3FO3/c1-3-6-4(2)5;1-5-2(4)6-3/h3H,1H2,2H3;1H3. The average molecular weight is 180 g/mol. The molecule has 0 aliphatic rings. The molecule has 0 aromatic heterocycles. The van der Waals surface area contributed by atoms with Gasteiger partial charge >= 0.3 is 12.1 Å². The Balaban J connectivity index is 0. The first-order chi connectivity index (χ1) is 5.58. The number of methoxy groups -OCH3 is 1. The van der Waals surface area contributed by atoms with Crippen LogP contribution >= 0.6 is 0 Å². The molecule has 0 amide bonds. The van der Waals surface area contributed by atoms with Crippen molar-refractivity contribution in [2.75, 3.05) is 7.11 Å². The molecule has 0 aliphatic carbocycles. The van der Waals surface area contributed by atoms with Gasteiger partial charge < -0.3 is 9.47 Å². The summed E-state index contributed by atoms with van der Waals surface area (Å²) in [5.74, 6) is -0.329. The molecular weight excluding hydrogens is 171 g/mol. The third-order valence-electron chi connectivity index (χ3n) is 0.479. The summed E-state index contributed by atoms with van der Waals surface area (Å²) >= 11 is 0. The van der Waals surface area contributed by atoms with Gasteiger partial charge in [-0.05, 0) is 0 Å². The van der Waals surface area contributed by atoms with Crippen molar-refractivity contribution in [1.82, 2.24) is 0 Å². The second-order valence-corrected chi connectivity index (χ2v) is 1.31. The van der Waals surface area contributed by atoms with E-state index in [1.807, 2.05) is 0 Å².